The molecule has 0 spiro atoms. The van der Waals surface area contributed by atoms with E-state index in [1.165, 1.54) is 38.5 Å². The minimum atomic E-state index is -5.14. The molecule has 1 aliphatic carbocycles. The Balaban J connectivity index is 2.52. The second-order valence-corrected chi connectivity index (χ2v) is 17.1. The van der Waals surface area contributed by atoms with Gasteiger partial charge in [0.2, 0.25) is 0 Å². The summed E-state index contributed by atoms with van der Waals surface area (Å²) >= 11 is 0. The molecule has 348 valence electrons. The number of carbonyl (C=O) groups is 2. The summed E-state index contributed by atoms with van der Waals surface area (Å²) in [6.45, 7) is 3.06. The molecule has 0 aromatic rings. The molecule has 15 heteroatoms. The SMILES string of the molecule is CC/C=C/C/C=C/C=C/C(O)CCCCCCCC(=O)O[C@H](COC(=O)CCCCCCCCC/C=C\CCCCCC)COP(=O)(O)OC1[C@H](O)[C@H](O)C(O)[C@H](O)[C@H]1O. The zero-order chi connectivity index (χ0) is 44.4. The van der Waals surface area contributed by atoms with Gasteiger partial charge in [-0.25, -0.2) is 4.57 Å². The van der Waals surface area contributed by atoms with Gasteiger partial charge in [0, 0.05) is 12.8 Å². The van der Waals surface area contributed by atoms with Crippen molar-refractivity contribution in [3.8, 4) is 0 Å². The van der Waals surface area contributed by atoms with Crippen LogP contribution in [-0.2, 0) is 32.7 Å². The van der Waals surface area contributed by atoms with Crippen molar-refractivity contribution in [3.63, 3.8) is 0 Å². The summed E-state index contributed by atoms with van der Waals surface area (Å²) in [5, 5.41) is 60.3. The maximum atomic E-state index is 12.8. The van der Waals surface area contributed by atoms with Crippen LogP contribution in [0, 0.1) is 0 Å². The van der Waals surface area contributed by atoms with Gasteiger partial charge < -0.3 is 45.0 Å². The van der Waals surface area contributed by atoms with Gasteiger partial charge >= 0.3 is 19.8 Å². The molecule has 0 radical (unpaired) electrons. The second kappa shape index (κ2) is 35.3. The first-order valence-corrected chi connectivity index (χ1v) is 24.0. The first-order chi connectivity index (χ1) is 28.8. The number of carbonyl (C=O) groups excluding carboxylic acids is 2. The molecule has 60 heavy (non-hydrogen) atoms. The number of ether oxygens (including phenoxy) is 2. The average molecular weight is 875 g/mol. The number of phosphoric acid groups is 1. The van der Waals surface area contributed by atoms with Crippen molar-refractivity contribution in [3.05, 3.63) is 48.6 Å². The number of aliphatic hydroxyl groups is 6. The lowest BCUT2D eigenvalue weighted by Gasteiger charge is -2.41. The molecule has 0 aliphatic heterocycles. The Morgan fingerprint density at radius 3 is 1.75 bits per heavy atom. The zero-order valence-electron chi connectivity index (χ0n) is 36.4. The van der Waals surface area contributed by atoms with E-state index in [4.69, 9.17) is 18.5 Å². The molecule has 0 aromatic heterocycles. The maximum absolute atomic E-state index is 12.8. The number of esters is 2. The van der Waals surface area contributed by atoms with Gasteiger partial charge in [-0.2, -0.15) is 0 Å². The Labute approximate surface area is 359 Å². The number of aliphatic hydroxyl groups excluding tert-OH is 6. The number of hydrogen-bond donors (Lipinski definition) is 7. The summed E-state index contributed by atoms with van der Waals surface area (Å²) in [7, 11) is -5.14. The van der Waals surface area contributed by atoms with Crippen LogP contribution in [0.15, 0.2) is 48.6 Å². The fraction of sp³-hybridized carbons (Fsp3) is 0.778. The highest BCUT2D eigenvalue weighted by Crippen LogP contribution is 2.47. The number of phosphoric ester groups is 1. The molecular formula is C45H79O14P. The van der Waals surface area contributed by atoms with Crippen molar-refractivity contribution in [2.75, 3.05) is 13.2 Å². The highest BCUT2D eigenvalue weighted by molar-refractivity contribution is 7.47. The lowest BCUT2D eigenvalue weighted by atomic mass is 9.85. The molecule has 1 aliphatic rings. The average Bonchev–Trinajstić information content (AvgIpc) is 3.22. The normalized spacial score (nSPS) is 23.1. The van der Waals surface area contributed by atoms with Crippen molar-refractivity contribution in [2.45, 2.75) is 210 Å². The molecule has 1 fully saturated rings. The van der Waals surface area contributed by atoms with E-state index in [1.807, 2.05) is 18.2 Å². The summed E-state index contributed by atoms with van der Waals surface area (Å²) in [6, 6.07) is 0. The topological polar surface area (TPSA) is 230 Å². The van der Waals surface area contributed by atoms with Gasteiger partial charge in [-0.05, 0) is 57.8 Å². The Kier molecular flexibility index (Phi) is 32.8. The number of unbranched alkanes of at least 4 members (excludes halogenated alkanes) is 15. The van der Waals surface area contributed by atoms with Gasteiger partial charge in [0.15, 0.2) is 6.10 Å². The summed E-state index contributed by atoms with van der Waals surface area (Å²) in [4.78, 5) is 35.7. The van der Waals surface area contributed by atoms with Crippen LogP contribution in [-0.4, -0.2) is 110 Å². The fourth-order valence-electron chi connectivity index (χ4n) is 6.58. The Bertz CT molecular complexity index is 1260. The number of rotatable bonds is 36. The smallest absolute Gasteiger partial charge is 0.462 e. The summed E-state index contributed by atoms with van der Waals surface area (Å²) in [6.07, 6.45) is 23.2. The Morgan fingerprint density at radius 2 is 1.15 bits per heavy atom. The largest absolute Gasteiger partial charge is 0.472 e. The van der Waals surface area contributed by atoms with Gasteiger partial charge in [-0.1, -0.05) is 140 Å². The molecule has 7 N–H and O–H groups in total. The van der Waals surface area contributed by atoms with E-state index in [0.29, 0.717) is 19.3 Å². The van der Waals surface area contributed by atoms with E-state index in [2.05, 4.69) is 38.2 Å². The van der Waals surface area contributed by atoms with Crippen LogP contribution in [0.3, 0.4) is 0 Å². The number of allylic oxidation sites excluding steroid dienone is 7. The van der Waals surface area contributed by atoms with Crippen LogP contribution in [0.5, 0.6) is 0 Å². The molecule has 4 unspecified atom stereocenters. The lowest BCUT2D eigenvalue weighted by molar-refractivity contribution is -0.220. The molecule has 0 aromatic carbocycles. The summed E-state index contributed by atoms with van der Waals surface area (Å²) < 4.78 is 33.4. The van der Waals surface area contributed by atoms with Crippen molar-refractivity contribution in [1.29, 1.82) is 0 Å². The van der Waals surface area contributed by atoms with Gasteiger partial charge in [0.1, 0.15) is 43.2 Å². The third kappa shape index (κ3) is 27.7. The van der Waals surface area contributed by atoms with E-state index in [1.54, 1.807) is 6.08 Å². The number of hydrogen-bond acceptors (Lipinski definition) is 13. The molecule has 0 amide bonds. The summed E-state index contributed by atoms with van der Waals surface area (Å²) in [5.41, 5.74) is 0. The molecule has 1 saturated carbocycles. The van der Waals surface area contributed by atoms with Crippen LogP contribution < -0.4 is 0 Å². The Morgan fingerprint density at radius 1 is 0.617 bits per heavy atom. The highest BCUT2D eigenvalue weighted by atomic mass is 31.2. The molecule has 0 saturated heterocycles. The van der Waals surface area contributed by atoms with Crippen LogP contribution >= 0.6 is 7.82 Å². The lowest BCUT2D eigenvalue weighted by Crippen LogP contribution is -2.64. The highest BCUT2D eigenvalue weighted by Gasteiger charge is 2.51. The maximum Gasteiger partial charge on any atom is 0.472 e. The minimum Gasteiger partial charge on any atom is -0.462 e. The van der Waals surface area contributed by atoms with Gasteiger partial charge in [0.25, 0.3) is 0 Å². The molecule has 1 rings (SSSR count). The predicted octanol–water partition coefficient (Wildman–Crippen LogP) is 7.36. The molecule has 9 atom stereocenters. The quantitative estimate of drug-likeness (QED) is 0.0107. The van der Waals surface area contributed by atoms with Crippen LogP contribution in [0.1, 0.15) is 162 Å². The van der Waals surface area contributed by atoms with E-state index in [9.17, 15) is 49.7 Å². The molecule has 0 heterocycles. The van der Waals surface area contributed by atoms with E-state index in [0.717, 1.165) is 77.0 Å². The fourth-order valence-corrected chi connectivity index (χ4v) is 7.56. The first-order valence-electron chi connectivity index (χ1n) is 22.5. The zero-order valence-corrected chi connectivity index (χ0v) is 37.2. The molecule has 14 nitrogen and oxygen atoms in total. The molecule has 0 bridgehead atoms. The predicted molar refractivity (Wildman–Crippen MR) is 232 cm³/mol. The van der Waals surface area contributed by atoms with E-state index in [-0.39, 0.29) is 12.8 Å². The van der Waals surface area contributed by atoms with Gasteiger partial charge in [-0.3, -0.25) is 18.6 Å². The molecular weight excluding hydrogens is 795 g/mol. The van der Waals surface area contributed by atoms with Crippen molar-refractivity contribution in [1.82, 2.24) is 0 Å². The minimum absolute atomic E-state index is 0.0251. The van der Waals surface area contributed by atoms with Crippen LogP contribution in [0.4, 0.5) is 0 Å². The standard InChI is InChI=1S/C45H79O14P/c1-3-5-7-9-11-12-13-14-15-16-17-18-20-24-28-32-38(47)56-34-37(35-57-60(54,55)59-45-43(52)41(50)40(49)42(51)44(45)53)58-39(48)33-29-25-21-23-27-31-36(46)30-26-22-19-10-8-6-4-2/h6,8,12-13,19,22,26,30,36-37,40-46,49-53H,3-5,7,9-11,14-18,20-21,23-25,27-29,31-35H2,1-2H3,(H,54,55)/b8-6+,13-12-,22-19+,30-26+/t36?,37-,40?,41-,42+,43-,44-,45?/m1/s1. The summed E-state index contributed by atoms with van der Waals surface area (Å²) in [5.74, 6) is -1.18. The first kappa shape index (κ1) is 55.8. The van der Waals surface area contributed by atoms with Crippen molar-refractivity contribution in [2.24, 2.45) is 0 Å². The second-order valence-electron chi connectivity index (χ2n) is 15.7. The van der Waals surface area contributed by atoms with Crippen LogP contribution in [0.2, 0.25) is 0 Å². The van der Waals surface area contributed by atoms with Crippen molar-refractivity contribution < 1.29 is 68.2 Å². The van der Waals surface area contributed by atoms with Gasteiger partial charge in [-0.15, -0.1) is 0 Å². The van der Waals surface area contributed by atoms with Crippen LogP contribution in [0.25, 0.3) is 0 Å². The monoisotopic (exact) mass is 875 g/mol. The van der Waals surface area contributed by atoms with E-state index >= 15 is 0 Å². The Hall–Kier alpha value is -2.23. The van der Waals surface area contributed by atoms with E-state index < -0.39 is 81.8 Å². The third-order valence-corrected chi connectivity index (χ3v) is 11.2. The van der Waals surface area contributed by atoms with Gasteiger partial charge in [0.05, 0.1) is 12.7 Å². The van der Waals surface area contributed by atoms with Crippen molar-refractivity contribution >= 4 is 19.8 Å². The third-order valence-electron chi connectivity index (χ3n) is 10.3.